The van der Waals surface area contributed by atoms with Gasteiger partial charge in [-0.25, -0.2) is 0 Å². The number of nitrogens with one attached hydrogen (secondary N) is 2. The minimum Gasteiger partial charge on any atom is -0.301 e. The Bertz CT molecular complexity index is 789. The fourth-order valence-corrected chi connectivity index (χ4v) is 3.67. The first kappa shape index (κ1) is 15.9. The van der Waals surface area contributed by atoms with Gasteiger partial charge in [0.1, 0.15) is 0 Å². The van der Waals surface area contributed by atoms with E-state index < -0.39 is 10.0 Å². The van der Waals surface area contributed by atoms with E-state index in [1.165, 1.54) is 6.92 Å². The minimum atomic E-state index is -3.83. The smallest absolute Gasteiger partial charge is 0.291 e. The molecule has 1 aromatic carbocycles. The summed E-state index contributed by atoms with van der Waals surface area (Å²) in [5.74, 6) is -0.341. The molecule has 0 saturated carbocycles. The van der Waals surface area contributed by atoms with Crippen molar-refractivity contribution in [1.82, 2.24) is 10.2 Å². The van der Waals surface area contributed by atoms with E-state index in [4.69, 9.17) is 0 Å². The maximum absolute atomic E-state index is 12.2. The van der Waals surface area contributed by atoms with Crippen LogP contribution >= 0.6 is 27.3 Å². The molecule has 0 bridgehead atoms. The van der Waals surface area contributed by atoms with Crippen LogP contribution in [0, 0.1) is 6.92 Å². The fourth-order valence-electron chi connectivity index (χ4n) is 1.43. The van der Waals surface area contributed by atoms with Gasteiger partial charge in [0.2, 0.25) is 11.0 Å². The summed E-state index contributed by atoms with van der Waals surface area (Å²) in [4.78, 5) is 10.9. The van der Waals surface area contributed by atoms with E-state index in [-0.39, 0.29) is 15.4 Å². The monoisotopic (exact) mass is 390 g/mol. The number of benzene rings is 1. The first-order chi connectivity index (χ1) is 9.78. The number of hydrogen-bond donors (Lipinski definition) is 2. The van der Waals surface area contributed by atoms with E-state index >= 15 is 0 Å². The second-order valence-corrected chi connectivity index (χ2v) is 7.81. The molecule has 1 aromatic heterocycles. The number of anilines is 2. The average Bonchev–Trinajstić information content (AvgIpc) is 2.82. The molecule has 7 nitrogen and oxygen atoms in total. The Morgan fingerprint density at radius 3 is 2.67 bits per heavy atom. The van der Waals surface area contributed by atoms with Crippen LogP contribution in [0.15, 0.2) is 27.0 Å². The first-order valence-corrected chi connectivity index (χ1v) is 8.77. The lowest BCUT2D eigenvalue weighted by Crippen LogP contribution is -2.12. The Morgan fingerprint density at radius 1 is 1.33 bits per heavy atom. The number of amides is 1. The number of hydrogen-bond acceptors (Lipinski definition) is 6. The molecule has 0 unspecified atom stereocenters. The highest BCUT2D eigenvalue weighted by Gasteiger charge is 2.20. The van der Waals surface area contributed by atoms with Gasteiger partial charge in [-0.15, -0.1) is 10.2 Å². The number of nitrogens with zero attached hydrogens (tertiary/aromatic N) is 2. The van der Waals surface area contributed by atoms with Gasteiger partial charge < -0.3 is 5.32 Å². The van der Waals surface area contributed by atoms with E-state index in [2.05, 4.69) is 36.2 Å². The number of aryl methyl sites for hydroxylation is 1. The Hall–Kier alpha value is -1.52. The highest BCUT2D eigenvalue weighted by atomic mass is 79.9. The van der Waals surface area contributed by atoms with Gasteiger partial charge in [-0.1, -0.05) is 27.3 Å². The molecule has 0 atom stereocenters. The molecule has 0 saturated heterocycles. The third-order valence-corrected chi connectivity index (χ3v) is 5.81. The molecule has 1 amide bonds. The van der Waals surface area contributed by atoms with Gasteiger partial charge in [0, 0.05) is 17.1 Å². The Balaban J connectivity index is 2.23. The minimum absolute atomic E-state index is 0.134. The van der Waals surface area contributed by atoms with Crippen LogP contribution in [0.3, 0.4) is 0 Å². The Kier molecular flexibility index (Phi) is 4.59. The summed E-state index contributed by atoms with van der Waals surface area (Å²) < 4.78 is 27.4. The summed E-state index contributed by atoms with van der Waals surface area (Å²) >= 11 is 4.12. The van der Waals surface area contributed by atoms with Crippen LogP contribution < -0.4 is 10.0 Å². The molecule has 2 rings (SSSR count). The van der Waals surface area contributed by atoms with Crippen molar-refractivity contribution in [3.8, 4) is 0 Å². The van der Waals surface area contributed by atoms with Gasteiger partial charge in [0.05, 0.1) is 0 Å². The molecule has 0 aliphatic rings. The molecule has 2 aromatic rings. The van der Waals surface area contributed by atoms with Gasteiger partial charge in [-0.3, -0.25) is 9.52 Å². The summed E-state index contributed by atoms with van der Waals surface area (Å²) in [7, 11) is -3.83. The third kappa shape index (κ3) is 3.99. The van der Waals surface area contributed by atoms with Crippen LogP contribution in [-0.2, 0) is 14.8 Å². The Morgan fingerprint density at radius 2 is 2.05 bits per heavy atom. The molecule has 0 radical (unpaired) electrons. The highest BCUT2D eigenvalue weighted by molar-refractivity contribution is 9.10. The van der Waals surface area contributed by atoms with Crippen LogP contribution in [0.5, 0.6) is 0 Å². The molecule has 0 spiro atoms. The van der Waals surface area contributed by atoms with E-state index in [1.807, 2.05) is 6.92 Å². The van der Waals surface area contributed by atoms with E-state index in [9.17, 15) is 13.2 Å². The van der Waals surface area contributed by atoms with Crippen molar-refractivity contribution in [3.05, 3.63) is 28.2 Å². The van der Waals surface area contributed by atoms with Gasteiger partial charge in [0.25, 0.3) is 14.4 Å². The second-order valence-electron chi connectivity index (χ2n) is 4.12. The topological polar surface area (TPSA) is 101 Å². The molecule has 0 aliphatic heterocycles. The predicted octanol–water partition coefficient (Wildman–Crippen LogP) is 2.37. The zero-order valence-corrected chi connectivity index (χ0v) is 14.3. The number of rotatable bonds is 4. The molecular formula is C11H11BrN4O3S2. The molecule has 0 aliphatic carbocycles. The summed E-state index contributed by atoms with van der Waals surface area (Å²) in [5.41, 5.74) is 1.32. The van der Waals surface area contributed by atoms with Gasteiger partial charge in [0.15, 0.2) is 0 Å². The summed E-state index contributed by atoms with van der Waals surface area (Å²) in [6, 6.07) is 5.07. The molecule has 0 fully saturated rings. The van der Waals surface area contributed by atoms with Crippen molar-refractivity contribution in [2.24, 2.45) is 0 Å². The third-order valence-electron chi connectivity index (χ3n) is 2.33. The quantitative estimate of drug-likeness (QED) is 0.780. The lowest BCUT2D eigenvalue weighted by molar-refractivity contribution is -0.114. The zero-order valence-electron chi connectivity index (χ0n) is 11.0. The van der Waals surface area contributed by atoms with E-state index in [0.717, 1.165) is 21.4 Å². The van der Waals surface area contributed by atoms with E-state index in [0.29, 0.717) is 5.69 Å². The lowest BCUT2D eigenvalue weighted by Gasteiger charge is -2.06. The van der Waals surface area contributed by atoms with Crippen molar-refractivity contribution in [1.29, 1.82) is 0 Å². The van der Waals surface area contributed by atoms with Crippen LogP contribution in [0.2, 0.25) is 0 Å². The number of sulfonamides is 1. The lowest BCUT2D eigenvalue weighted by atomic mass is 10.2. The van der Waals surface area contributed by atoms with Crippen molar-refractivity contribution < 1.29 is 13.2 Å². The molecule has 21 heavy (non-hydrogen) atoms. The number of carbonyl (C=O) groups excluding carboxylic acids is 1. The van der Waals surface area contributed by atoms with Crippen LogP contribution in [0.25, 0.3) is 0 Å². The molecular weight excluding hydrogens is 380 g/mol. The fraction of sp³-hybridized carbons (Fsp3) is 0.182. The van der Waals surface area contributed by atoms with Crippen LogP contribution in [-0.4, -0.2) is 24.5 Å². The first-order valence-electron chi connectivity index (χ1n) is 5.68. The predicted molar refractivity (Wildman–Crippen MR) is 83.9 cm³/mol. The van der Waals surface area contributed by atoms with Gasteiger partial charge in [-0.05, 0) is 30.7 Å². The zero-order chi connectivity index (χ0) is 15.6. The molecule has 112 valence electrons. The van der Waals surface area contributed by atoms with Gasteiger partial charge in [-0.2, -0.15) is 8.42 Å². The second kappa shape index (κ2) is 6.08. The number of carbonyl (C=O) groups is 1. The normalized spacial score (nSPS) is 11.2. The molecule has 1 heterocycles. The van der Waals surface area contributed by atoms with Crippen LogP contribution in [0.1, 0.15) is 12.5 Å². The molecule has 10 heteroatoms. The van der Waals surface area contributed by atoms with Crippen molar-refractivity contribution >= 4 is 54.0 Å². The SMILES string of the molecule is CC(=O)Nc1nnc(S(=O)(=O)Nc2ccc(Br)c(C)c2)s1. The summed E-state index contributed by atoms with van der Waals surface area (Å²) in [5, 5.41) is 9.70. The van der Waals surface area contributed by atoms with E-state index in [1.54, 1.807) is 18.2 Å². The van der Waals surface area contributed by atoms with Gasteiger partial charge >= 0.3 is 0 Å². The number of halogens is 1. The maximum atomic E-state index is 12.2. The maximum Gasteiger partial charge on any atom is 0.291 e. The van der Waals surface area contributed by atoms with Crippen molar-refractivity contribution in [3.63, 3.8) is 0 Å². The summed E-state index contributed by atoms with van der Waals surface area (Å²) in [6.45, 7) is 3.15. The van der Waals surface area contributed by atoms with Crippen LogP contribution in [0.4, 0.5) is 10.8 Å². The molecule has 2 N–H and O–H groups in total. The van der Waals surface area contributed by atoms with Crippen molar-refractivity contribution in [2.75, 3.05) is 10.0 Å². The summed E-state index contributed by atoms with van der Waals surface area (Å²) in [6.07, 6.45) is 0. The average molecular weight is 391 g/mol. The highest BCUT2D eigenvalue weighted by Crippen LogP contribution is 2.25. The Labute approximate surface area is 134 Å². The standard InChI is InChI=1S/C11H11BrN4O3S2/c1-6-5-8(3-4-9(6)12)16-21(18,19)11-15-14-10(20-11)13-7(2)17/h3-5,16H,1-2H3,(H,13,14,17). The largest absolute Gasteiger partial charge is 0.301 e. The number of aromatic nitrogens is 2. The van der Waals surface area contributed by atoms with Crippen molar-refractivity contribution in [2.45, 2.75) is 18.2 Å².